The van der Waals surface area contributed by atoms with E-state index in [9.17, 15) is 0 Å². The third-order valence-corrected chi connectivity index (χ3v) is 11.4. The van der Waals surface area contributed by atoms with Gasteiger partial charge in [0.1, 0.15) is 23.1 Å². The molecule has 2 fully saturated rings. The van der Waals surface area contributed by atoms with Crippen molar-refractivity contribution in [2.45, 2.75) is 46.1 Å². The van der Waals surface area contributed by atoms with E-state index in [1.165, 1.54) is 46.8 Å². The first-order valence-electron chi connectivity index (χ1n) is 16.9. The number of fused-ring (bicyclic) bond motifs is 3. The molecule has 10 heteroatoms. The Morgan fingerprint density at radius 1 is 0.830 bits per heavy atom. The van der Waals surface area contributed by atoms with Crippen molar-refractivity contribution >= 4 is 28.4 Å². The third-order valence-electron chi connectivity index (χ3n) is 10.2. The number of para-hydroxylation sites is 1. The average Bonchev–Trinajstić information content (AvgIpc) is 3.81. The van der Waals surface area contributed by atoms with Crippen LogP contribution in [0, 0.1) is 26.7 Å². The van der Waals surface area contributed by atoms with Gasteiger partial charge in [0.2, 0.25) is 0 Å². The molecule has 2 aromatic carbocycles. The monoisotopic (exact) mass is 646 g/mol. The summed E-state index contributed by atoms with van der Waals surface area (Å²) < 4.78 is 7.83. The Kier molecular flexibility index (Phi) is 8.15. The van der Waals surface area contributed by atoms with E-state index in [0.29, 0.717) is 12.3 Å². The number of hydrogen-bond acceptors (Lipinski definition) is 9. The Morgan fingerprint density at radius 3 is 2.28 bits per heavy atom. The number of anilines is 2. The Morgan fingerprint density at radius 2 is 1.55 bits per heavy atom. The molecule has 1 unspecified atom stereocenters. The zero-order chi connectivity index (χ0) is 31.9. The summed E-state index contributed by atoms with van der Waals surface area (Å²) in [7, 11) is 0. The standard InChI is InChI=1S/C37H42N8OS/c1-25-26(2)47-37-34(25)35(39-32(23-33-38-15-22-46-33)36-41-40-27(3)45(36)37)29-9-11-31(12-10-29)44-20-18-42(19-21-44)24-28-13-16-43(17-14-28)30-7-5-4-6-8-30/h4-12,15,22,28,32H,13-14,16-21,23-24H2,1-3H3. The number of oxazole rings is 1. The second kappa shape index (κ2) is 12.7. The minimum atomic E-state index is -0.262. The van der Waals surface area contributed by atoms with Gasteiger partial charge in [0, 0.05) is 73.2 Å². The van der Waals surface area contributed by atoms with Gasteiger partial charge in [-0.2, -0.15) is 0 Å². The second-order valence-corrected chi connectivity index (χ2v) is 14.3. The van der Waals surface area contributed by atoms with Crippen molar-refractivity contribution in [2.75, 3.05) is 55.6 Å². The van der Waals surface area contributed by atoms with Gasteiger partial charge in [0.15, 0.2) is 11.7 Å². The summed E-state index contributed by atoms with van der Waals surface area (Å²) in [4.78, 5) is 18.8. The predicted octanol–water partition coefficient (Wildman–Crippen LogP) is 6.42. The average molecular weight is 647 g/mol. The maximum Gasteiger partial charge on any atom is 0.196 e. The normalized spacial score (nSPS) is 19.0. The quantitative estimate of drug-likeness (QED) is 0.202. The number of benzene rings is 2. The van der Waals surface area contributed by atoms with Crippen LogP contribution in [0.3, 0.4) is 0 Å². The van der Waals surface area contributed by atoms with E-state index in [4.69, 9.17) is 9.41 Å². The van der Waals surface area contributed by atoms with E-state index in [2.05, 4.69) is 103 Å². The van der Waals surface area contributed by atoms with Gasteiger partial charge < -0.3 is 14.2 Å². The lowest BCUT2D eigenvalue weighted by Gasteiger charge is -2.40. The number of aryl methyl sites for hydroxylation is 2. The summed E-state index contributed by atoms with van der Waals surface area (Å²) in [5.41, 5.74) is 7.18. The van der Waals surface area contributed by atoms with E-state index in [0.717, 1.165) is 73.1 Å². The van der Waals surface area contributed by atoms with Crippen LogP contribution in [0.15, 0.2) is 76.5 Å². The van der Waals surface area contributed by atoms with E-state index < -0.39 is 0 Å². The van der Waals surface area contributed by atoms with Crippen molar-refractivity contribution in [2.24, 2.45) is 10.9 Å². The van der Waals surface area contributed by atoms with Crippen molar-refractivity contribution < 1.29 is 4.42 Å². The van der Waals surface area contributed by atoms with Gasteiger partial charge in [-0.15, -0.1) is 21.5 Å². The minimum absolute atomic E-state index is 0.262. The van der Waals surface area contributed by atoms with Crippen molar-refractivity contribution in [1.29, 1.82) is 0 Å². The molecule has 0 spiro atoms. The summed E-state index contributed by atoms with van der Waals surface area (Å²) in [6, 6.07) is 19.7. The molecule has 8 rings (SSSR count). The molecular formula is C37H42N8OS. The fourth-order valence-electron chi connectivity index (χ4n) is 7.44. The first-order valence-corrected chi connectivity index (χ1v) is 17.7. The van der Waals surface area contributed by atoms with Gasteiger partial charge in [0.05, 0.1) is 18.3 Å². The van der Waals surface area contributed by atoms with Crippen LogP contribution in [0.1, 0.15) is 58.0 Å². The molecule has 3 aliphatic heterocycles. The Labute approximate surface area is 280 Å². The molecule has 1 atom stereocenters. The van der Waals surface area contributed by atoms with E-state index >= 15 is 0 Å². The fourth-order valence-corrected chi connectivity index (χ4v) is 8.65. The molecular weight excluding hydrogens is 605 g/mol. The Bertz CT molecular complexity index is 1840. The van der Waals surface area contributed by atoms with Crippen LogP contribution in [-0.4, -0.2) is 76.2 Å². The smallest absolute Gasteiger partial charge is 0.196 e. The first-order chi connectivity index (χ1) is 23.0. The van der Waals surface area contributed by atoms with Crippen molar-refractivity contribution in [3.05, 3.63) is 106 Å². The Balaban J connectivity index is 0.967. The highest BCUT2D eigenvalue weighted by Gasteiger charge is 2.32. The van der Waals surface area contributed by atoms with Crippen LogP contribution in [0.4, 0.5) is 11.4 Å². The van der Waals surface area contributed by atoms with Crippen LogP contribution in [0.5, 0.6) is 0 Å². The number of piperidine rings is 1. The SMILES string of the molecule is Cc1sc2c(c1C)C(c1ccc(N3CCN(CC4CCN(c5ccccc5)CC4)CC3)cc1)=NC(Cc1ncco1)c1nnc(C)n1-2. The third kappa shape index (κ3) is 5.89. The molecule has 9 nitrogen and oxygen atoms in total. The number of aliphatic imine (C=N–C) groups is 1. The van der Waals surface area contributed by atoms with Crippen LogP contribution in [0.2, 0.25) is 0 Å². The molecule has 0 saturated carbocycles. The lowest BCUT2D eigenvalue weighted by molar-refractivity contribution is 0.201. The first kappa shape index (κ1) is 30.1. The molecule has 0 N–H and O–H groups in total. The highest BCUT2D eigenvalue weighted by atomic mass is 32.1. The number of piperazine rings is 1. The lowest BCUT2D eigenvalue weighted by Crippen LogP contribution is -2.49. The van der Waals surface area contributed by atoms with Crippen LogP contribution in [-0.2, 0) is 6.42 Å². The molecule has 3 aromatic heterocycles. The van der Waals surface area contributed by atoms with Crippen molar-refractivity contribution in [3.63, 3.8) is 0 Å². The Hall–Kier alpha value is -4.28. The van der Waals surface area contributed by atoms with Crippen LogP contribution in [0.25, 0.3) is 5.00 Å². The molecule has 6 heterocycles. The highest BCUT2D eigenvalue weighted by Crippen LogP contribution is 2.39. The zero-order valence-corrected chi connectivity index (χ0v) is 28.3. The zero-order valence-electron chi connectivity index (χ0n) is 27.5. The maximum atomic E-state index is 5.65. The number of thiophene rings is 1. The van der Waals surface area contributed by atoms with Gasteiger partial charge in [0.25, 0.3) is 0 Å². The van der Waals surface area contributed by atoms with Crippen LogP contribution < -0.4 is 9.80 Å². The number of nitrogens with zero attached hydrogens (tertiary/aromatic N) is 8. The number of hydrogen-bond donors (Lipinski definition) is 0. The topological polar surface area (TPSA) is 78.8 Å². The number of aromatic nitrogens is 4. The van der Waals surface area contributed by atoms with Gasteiger partial charge in [-0.3, -0.25) is 14.5 Å². The molecule has 242 valence electrons. The van der Waals surface area contributed by atoms with Gasteiger partial charge in [-0.05, 0) is 69.4 Å². The molecule has 3 aliphatic rings. The highest BCUT2D eigenvalue weighted by molar-refractivity contribution is 7.15. The largest absolute Gasteiger partial charge is 0.449 e. The maximum absolute atomic E-state index is 5.65. The molecule has 5 aromatic rings. The molecule has 47 heavy (non-hydrogen) atoms. The minimum Gasteiger partial charge on any atom is -0.449 e. The van der Waals surface area contributed by atoms with Crippen molar-refractivity contribution in [3.8, 4) is 5.00 Å². The van der Waals surface area contributed by atoms with Gasteiger partial charge in [-0.1, -0.05) is 30.3 Å². The van der Waals surface area contributed by atoms with Crippen LogP contribution >= 0.6 is 11.3 Å². The number of rotatable bonds is 7. The van der Waals surface area contributed by atoms with E-state index in [-0.39, 0.29) is 6.04 Å². The summed E-state index contributed by atoms with van der Waals surface area (Å²) in [5.74, 6) is 3.13. The van der Waals surface area contributed by atoms with Gasteiger partial charge in [-0.25, -0.2) is 4.98 Å². The molecule has 0 radical (unpaired) electrons. The molecule has 2 saturated heterocycles. The molecule has 0 aliphatic carbocycles. The van der Waals surface area contributed by atoms with E-state index in [1.807, 2.05) is 6.92 Å². The molecule has 0 bridgehead atoms. The van der Waals surface area contributed by atoms with E-state index in [1.54, 1.807) is 23.8 Å². The van der Waals surface area contributed by atoms with Crippen molar-refractivity contribution in [1.82, 2.24) is 24.6 Å². The summed E-state index contributed by atoms with van der Waals surface area (Å²) >= 11 is 1.79. The summed E-state index contributed by atoms with van der Waals surface area (Å²) in [6.45, 7) is 14.3. The molecule has 0 amide bonds. The summed E-state index contributed by atoms with van der Waals surface area (Å²) in [6.07, 6.45) is 6.38. The lowest BCUT2D eigenvalue weighted by atomic mass is 9.95. The fraction of sp³-hybridized carbons (Fsp3) is 0.405. The predicted molar refractivity (Wildman–Crippen MR) is 189 cm³/mol. The van der Waals surface area contributed by atoms with Gasteiger partial charge >= 0.3 is 0 Å². The summed E-state index contributed by atoms with van der Waals surface area (Å²) in [5, 5.41) is 10.2. The second-order valence-electron chi connectivity index (χ2n) is 13.1.